The maximum absolute atomic E-state index is 12.8. The van der Waals surface area contributed by atoms with Crippen molar-refractivity contribution in [2.24, 2.45) is 34.8 Å². The standard InChI is InChI=1S/C20H30N2O3/c21-18(23)16-1-2-17(25-16)19(24)22-5-3-20(4-6-22)14-8-12-7-13(10-14)11-15(20)9-12/h12-17H,1-11H2,(H2,21,23). The van der Waals surface area contributed by atoms with Crippen LogP contribution in [0.4, 0.5) is 0 Å². The van der Waals surface area contributed by atoms with E-state index in [0.29, 0.717) is 18.3 Å². The Kier molecular flexibility index (Phi) is 3.67. The predicted octanol–water partition coefficient (Wildman–Crippen LogP) is 2.08. The molecule has 2 N–H and O–H groups in total. The van der Waals surface area contributed by atoms with Crippen LogP contribution in [0.25, 0.3) is 0 Å². The summed E-state index contributed by atoms with van der Waals surface area (Å²) in [6, 6.07) is 0. The number of carbonyl (C=O) groups excluding carboxylic acids is 2. The lowest BCUT2D eigenvalue weighted by Crippen LogP contribution is -2.58. The molecule has 6 aliphatic rings. The molecular formula is C20H30N2O3. The zero-order valence-electron chi connectivity index (χ0n) is 15.0. The van der Waals surface area contributed by atoms with Crippen LogP contribution < -0.4 is 5.73 Å². The number of amides is 2. The van der Waals surface area contributed by atoms with E-state index < -0.39 is 18.1 Å². The third kappa shape index (κ3) is 2.45. The van der Waals surface area contributed by atoms with Gasteiger partial charge in [-0.3, -0.25) is 9.59 Å². The minimum absolute atomic E-state index is 0.0856. The van der Waals surface area contributed by atoms with Gasteiger partial charge in [0.2, 0.25) is 5.91 Å². The molecule has 6 rings (SSSR count). The number of nitrogens with zero attached hydrogens (tertiary/aromatic N) is 1. The van der Waals surface area contributed by atoms with E-state index in [1.807, 2.05) is 4.90 Å². The van der Waals surface area contributed by atoms with Crippen molar-refractivity contribution >= 4 is 11.8 Å². The van der Waals surface area contributed by atoms with E-state index in [2.05, 4.69) is 0 Å². The second kappa shape index (κ2) is 5.70. The van der Waals surface area contributed by atoms with Crippen LogP contribution in [0.2, 0.25) is 0 Å². The van der Waals surface area contributed by atoms with E-state index in [0.717, 1.165) is 36.8 Å². The molecule has 2 atom stereocenters. The van der Waals surface area contributed by atoms with Gasteiger partial charge in [-0.25, -0.2) is 0 Å². The number of likely N-dealkylation sites (tertiary alicyclic amines) is 1. The number of rotatable bonds is 2. The first kappa shape index (κ1) is 16.1. The maximum atomic E-state index is 12.8. The summed E-state index contributed by atoms with van der Waals surface area (Å²) < 4.78 is 5.60. The van der Waals surface area contributed by atoms with Gasteiger partial charge in [-0.1, -0.05) is 0 Å². The molecule has 138 valence electrons. The molecule has 4 aliphatic carbocycles. The first-order valence-corrected chi connectivity index (χ1v) is 10.3. The molecule has 6 fully saturated rings. The highest BCUT2D eigenvalue weighted by atomic mass is 16.5. The zero-order valence-corrected chi connectivity index (χ0v) is 15.0. The van der Waals surface area contributed by atoms with Crippen molar-refractivity contribution in [1.29, 1.82) is 0 Å². The zero-order chi connectivity index (χ0) is 17.2. The summed E-state index contributed by atoms with van der Waals surface area (Å²) in [5.74, 6) is 3.49. The molecule has 0 radical (unpaired) electrons. The van der Waals surface area contributed by atoms with Crippen LogP contribution >= 0.6 is 0 Å². The third-order valence-corrected chi connectivity index (χ3v) is 8.38. The lowest BCUT2D eigenvalue weighted by molar-refractivity contribution is -0.159. The van der Waals surface area contributed by atoms with Gasteiger partial charge in [-0.2, -0.15) is 0 Å². The fraction of sp³-hybridized carbons (Fsp3) is 0.900. The largest absolute Gasteiger partial charge is 0.367 e. The molecule has 25 heavy (non-hydrogen) atoms. The Bertz CT molecular complexity index is 551. The minimum Gasteiger partial charge on any atom is -0.367 e. The summed E-state index contributed by atoms with van der Waals surface area (Å²) in [6.07, 6.45) is 9.84. The second-order valence-electron chi connectivity index (χ2n) is 9.46. The lowest BCUT2D eigenvalue weighted by Gasteiger charge is -2.63. The molecule has 2 amide bonds. The summed E-state index contributed by atoms with van der Waals surface area (Å²) in [6.45, 7) is 1.75. The van der Waals surface area contributed by atoms with E-state index in [-0.39, 0.29) is 5.91 Å². The van der Waals surface area contributed by atoms with E-state index in [4.69, 9.17) is 10.5 Å². The smallest absolute Gasteiger partial charge is 0.251 e. The van der Waals surface area contributed by atoms with Crippen LogP contribution in [0.5, 0.6) is 0 Å². The minimum atomic E-state index is -0.575. The molecule has 1 spiro atoms. The van der Waals surface area contributed by atoms with Crippen LogP contribution in [0.3, 0.4) is 0 Å². The van der Waals surface area contributed by atoms with Gasteiger partial charge in [0, 0.05) is 13.1 Å². The fourth-order valence-electron chi connectivity index (χ4n) is 7.31. The normalized spacial score (nSPS) is 44.4. The average molecular weight is 346 g/mol. The monoisotopic (exact) mass is 346 g/mol. The topological polar surface area (TPSA) is 72.6 Å². The summed E-state index contributed by atoms with van der Waals surface area (Å²) in [5.41, 5.74) is 5.83. The second-order valence-corrected chi connectivity index (χ2v) is 9.46. The number of carbonyl (C=O) groups is 2. The summed E-state index contributed by atoms with van der Waals surface area (Å²) in [5, 5.41) is 0. The van der Waals surface area contributed by atoms with E-state index in [1.54, 1.807) is 0 Å². The Hall–Kier alpha value is -1.10. The molecule has 5 nitrogen and oxygen atoms in total. The number of hydrogen-bond acceptors (Lipinski definition) is 3. The van der Waals surface area contributed by atoms with Crippen molar-refractivity contribution in [2.75, 3.05) is 13.1 Å². The van der Waals surface area contributed by atoms with E-state index in [9.17, 15) is 9.59 Å². The Morgan fingerprint density at radius 2 is 1.44 bits per heavy atom. The fourth-order valence-corrected chi connectivity index (χ4v) is 7.31. The lowest BCUT2D eigenvalue weighted by atomic mass is 9.43. The van der Waals surface area contributed by atoms with Crippen LogP contribution in [-0.4, -0.2) is 42.0 Å². The molecule has 0 aromatic heterocycles. The molecule has 2 unspecified atom stereocenters. The Morgan fingerprint density at radius 1 is 0.880 bits per heavy atom. The highest BCUT2D eigenvalue weighted by molar-refractivity contribution is 5.84. The van der Waals surface area contributed by atoms with Crippen molar-refractivity contribution in [1.82, 2.24) is 4.90 Å². The van der Waals surface area contributed by atoms with Gasteiger partial charge in [0.15, 0.2) is 0 Å². The Labute approximate surface area is 149 Å². The van der Waals surface area contributed by atoms with Gasteiger partial charge in [0.25, 0.3) is 5.91 Å². The average Bonchev–Trinajstić information content (AvgIpc) is 3.09. The highest BCUT2D eigenvalue weighted by Crippen LogP contribution is 2.65. The van der Waals surface area contributed by atoms with Gasteiger partial charge in [-0.15, -0.1) is 0 Å². The van der Waals surface area contributed by atoms with Crippen molar-refractivity contribution in [3.8, 4) is 0 Å². The third-order valence-electron chi connectivity index (χ3n) is 8.38. The molecule has 2 saturated heterocycles. The predicted molar refractivity (Wildman–Crippen MR) is 92.4 cm³/mol. The van der Waals surface area contributed by atoms with Crippen LogP contribution in [0.1, 0.15) is 57.8 Å². The van der Waals surface area contributed by atoms with Crippen molar-refractivity contribution in [2.45, 2.75) is 70.0 Å². The molecule has 4 bridgehead atoms. The van der Waals surface area contributed by atoms with Crippen LogP contribution in [0, 0.1) is 29.1 Å². The van der Waals surface area contributed by atoms with Crippen molar-refractivity contribution in [3.05, 3.63) is 0 Å². The Balaban J connectivity index is 1.23. The molecular weight excluding hydrogens is 316 g/mol. The molecule has 0 aromatic carbocycles. The number of hydrogen-bond donors (Lipinski definition) is 1. The van der Waals surface area contributed by atoms with Gasteiger partial charge in [0.05, 0.1) is 0 Å². The first-order chi connectivity index (χ1) is 12.0. The van der Waals surface area contributed by atoms with Crippen LogP contribution in [0.15, 0.2) is 0 Å². The van der Waals surface area contributed by atoms with Crippen molar-refractivity contribution in [3.63, 3.8) is 0 Å². The van der Waals surface area contributed by atoms with Gasteiger partial charge in [0.1, 0.15) is 12.2 Å². The molecule has 2 aliphatic heterocycles. The van der Waals surface area contributed by atoms with Gasteiger partial charge < -0.3 is 15.4 Å². The molecule has 4 saturated carbocycles. The summed E-state index contributed by atoms with van der Waals surface area (Å²) in [4.78, 5) is 26.1. The number of ether oxygens (including phenoxy) is 1. The van der Waals surface area contributed by atoms with E-state index in [1.165, 1.54) is 44.9 Å². The maximum Gasteiger partial charge on any atom is 0.251 e. The van der Waals surface area contributed by atoms with Gasteiger partial charge >= 0.3 is 0 Å². The number of nitrogens with two attached hydrogens (primary N) is 1. The van der Waals surface area contributed by atoms with Crippen molar-refractivity contribution < 1.29 is 14.3 Å². The van der Waals surface area contributed by atoms with E-state index >= 15 is 0 Å². The number of primary amides is 1. The molecule has 2 heterocycles. The Morgan fingerprint density at radius 3 is 1.96 bits per heavy atom. The SMILES string of the molecule is NC(=O)C1CCC(C(=O)N2CCC3(CC2)C2CC4CC(C2)CC3C4)O1. The number of piperidine rings is 1. The molecule has 5 heteroatoms. The first-order valence-electron chi connectivity index (χ1n) is 10.3. The summed E-state index contributed by atoms with van der Waals surface area (Å²) >= 11 is 0. The van der Waals surface area contributed by atoms with Gasteiger partial charge in [-0.05, 0) is 86.9 Å². The van der Waals surface area contributed by atoms with Crippen LogP contribution in [-0.2, 0) is 14.3 Å². The highest BCUT2D eigenvalue weighted by Gasteiger charge is 2.57. The molecule has 0 aromatic rings. The summed E-state index contributed by atoms with van der Waals surface area (Å²) in [7, 11) is 0. The quantitative estimate of drug-likeness (QED) is 0.832.